The molecular formula is C12H7ClF3NO2. The summed E-state index contributed by atoms with van der Waals surface area (Å²) in [6, 6.07) is 5.94. The first-order valence-corrected chi connectivity index (χ1v) is 5.48. The average molecular weight is 290 g/mol. The van der Waals surface area contributed by atoms with Gasteiger partial charge in [-0.2, -0.15) is 13.2 Å². The maximum atomic E-state index is 12.7. The van der Waals surface area contributed by atoms with Crippen molar-refractivity contribution in [3.63, 3.8) is 0 Å². The van der Waals surface area contributed by atoms with E-state index in [1.165, 1.54) is 24.5 Å². The first kappa shape index (κ1) is 13.5. The van der Waals surface area contributed by atoms with E-state index in [1.54, 1.807) is 0 Å². The highest BCUT2D eigenvalue weighted by atomic mass is 35.5. The first-order valence-electron chi connectivity index (χ1n) is 5.10. The molecule has 0 aliphatic carbocycles. The number of rotatable bonds is 2. The Morgan fingerprint density at radius 3 is 2.47 bits per heavy atom. The van der Waals surface area contributed by atoms with E-state index in [1.807, 2.05) is 0 Å². The SMILES string of the molecule is O=C(Nc1ccccc1C(F)(F)F)c1ccoc1Cl. The highest BCUT2D eigenvalue weighted by Crippen LogP contribution is 2.34. The Kier molecular flexibility index (Phi) is 3.53. The molecule has 0 bridgehead atoms. The zero-order chi connectivity index (χ0) is 14.0. The molecule has 3 nitrogen and oxygen atoms in total. The van der Waals surface area contributed by atoms with E-state index < -0.39 is 17.6 Å². The second-order valence-electron chi connectivity index (χ2n) is 3.61. The molecule has 0 aliphatic heterocycles. The van der Waals surface area contributed by atoms with Crippen LogP contribution in [0.3, 0.4) is 0 Å². The molecule has 0 unspecified atom stereocenters. The second kappa shape index (κ2) is 4.97. The van der Waals surface area contributed by atoms with Gasteiger partial charge in [0.1, 0.15) is 0 Å². The normalized spacial score (nSPS) is 11.4. The fraction of sp³-hybridized carbons (Fsp3) is 0.0833. The average Bonchev–Trinajstić information content (AvgIpc) is 2.75. The molecule has 1 aromatic carbocycles. The third kappa shape index (κ3) is 2.90. The molecule has 0 fully saturated rings. The number of para-hydroxylation sites is 1. The van der Waals surface area contributed by atoms with Crippen molar-refractivity contribution in [2.45, 2.75) is 6.18 Å². The van der Waals surface area contributed by atoms with Gasteiger partial charge in [-0.05, 0) is 29.8 Å². The molecule has 1 N–H and O–H groups in total. The Bertz CT molecular complexity index is 607. The minimum absolute atomic E-state index is 0.0290. The smallest absolute Gasteiger partial charge is 0.418 e. The molecule has 1 heterocycles. The molecule has 1 aromatic heterocycles. The number of alkyl halides is 3. The molecular weight excluding hydrogens is 283 g/mol. The Morgan fingerprint density at radius 1 is 1.21 bits per heavy atom. The van der Waals surface area contributed by atoms with Gasteiger partial charge >= 0.3 is 6.18 Å². The standard InChI is InChI=1S/C12H7ClF3NO2/c13-10-7(5-6-19-10)11(18)17-9-4-2-1-3-8(9)12(14,15)16/h1-6H,(H,17,18). The zero-order valence-corrected chi connectivity index (χ0v) is 10.0. The fourth-order valence-corrected chi connectivity index (χ4v) is 1.68. The molecule has 7 heteroatoms. The Balaban J connectivity index is 2.30. The summed E-state index contributed by atoms with van der Waals surface area (Å²) in [6.07, 6.45) is -3.38. The van der Waals surface area contributed by atoms with Crippen molar-refractivity contribution in [2.75, 3.05) is 5.32 Å². The van der Waals surface area contributed by atoms with Gasteiger partial charge in [-0.25, -0.2) is 0 Å². The van der Waals surface area contributed by atoms with Crippen molar-refractivity contribution in [1.82, 2.24) is 0 Å². The number of anilines is 1. The van der Waals surface area contributed by atoms with E-state index in [9.17, 15) is 18.0 Å². The lowest BCUT2D eigenvalue weighted by atomic mass is 10.1. The van der Waals surface area contributed by atoms with Crippen LogP contribution in [0.4, 0.5) is 18.9 Å². The summed E-state index contributed by atoms with van der Waals surface area (Å²) in [5, 5.41) is 1.98. The summed E-state index contributed by atoms with van der Waals surface area (Å²) >= 11 is 5.58. The quantitative estimate of drug-likeness (QED) is 0.900. The molecule has 100 valence electrons. The van der Waals surface area contributed by atoms with Crippen molar-refractivity contribution in [3.8, 4) is 0 Å². The van der Waals surface area contributed by atoms with Crippen molar-refractivity contribution >= 4 is 23.2 Å². The molecule has 0 saturated heterocycles. The number of amides is 1. The first-order chi connectivity index (χ1) is 8.89. The van der Waals surface area contributed by atoms with Gasteiger partial charge < -0.3 is 9.73 Å². The lowest BCUT2D eigenvalue weighted by molar-refractivity contribution is -0.136. The highest BCUT2D eigenvalue weighted by Gasteiger charge is 2.33. The summed E-state index contributed by atoms with van der Waals surface area (Å²) < 4.78 is 42.9. The monoisotopic (exact) mass is 289 g/mol. The third-order valence-electron chi connectivity index (χ3n) is 2.34. The van der Waals surface area contributed by atoms with E-state index in [0.29, 0.717) is 0 Å². The topological polar surface area (TPSA) is 42.2 Å². The largest absolute Gasteiger partial charge is 0.452 e. The maximum Gasteiger partial charge on any atom is 0.418 e. The number of carbonyl (C=O) groups excluding carboxylic acids is 1. The summed E-state index contributed by atoms with van der Waals surface area (Å²) in [6.45, 7) is 0. The Hall–Kier alpha value is -1.95. The number of hydrogen-bond acceptors (Lipinski definition) is 2. The minimum Gasteiger partial charge on any atom is -0.452 e. The van der Waals surface area contributed by atoms with Gasteiger partial charge in [0.25, 0.3) is 5.91 Å². The highest BCUT2D eigenvalue weighted by molar-refractivity contribution is 6.32. The van der Waals surface area contributed by atoms with Crippen LogP contribution in [0, 0.1) is 0 Å². The lowest BCUT2D eigenvalue weighted by Crippen LogP contribution is -2.16. The summed E-state index contributed by atoms with van der Waals surface area (Å²) in [5.74, 6) is -0.768. The zero-order valence-electron chi connectivity index (χ0n) is 9.29. The van der Waals surface area contributed by atoms with Gasteiger partial charge in [0.2, 0.25) is 5.22 Å². The van der Waals surface area contributed by atoms with E-state index in [0.717, 1.165) is 12.1 Å². The van der Waals surface area contributed by atoms with E-state index >= 15 is 0 Å². The summed E-state index contributed by atoms with van der Waals surface area (Å²) in [7, 11) is 0. The molecule has 2 aromatic rings. The van der Waals surface area contributed by atoms with Crippen LogP contribution < -0.4 is 5.32 Å². The van der Waals surface area contributed by atoms with Gasteiger partial charge in [0, 0.05) is 0 Å². The number of benzene rings is 1. The van der Waals surface area contributed by atoms with Crippen LogP contribution in [-0.2, 0) is 6.18 Å². The van der Waals surface area contributed by atoms with Gasteiger partial charge in [-0.15, -0.1) is 0 Å². The van der Waals surface area contributed by atoms with Crippen molar-refractivity contribution < 1.29 is 22.4 Å². The van der Waals surface area contributed by atoms with Gasteiger partial charge in [-0.3, -0.25) is 4.79 Å². The Morgan fingerprint density at radius 2 is 1.89 bits per heavy atom. The molecule has 0 aliphatic rings. The van der Waals surface area contributed by atoms with Crippen molar-refractivity contribution in [3.05, 3.63) is 52.9 Å². The van der Waals surface area contributed by atoms with Crippen molar-refractivity contribution in [2.24, 2.45) is 0 Å². The van der Waals surface area contributed by atoms with E-state index in [4.69, 9.17) is 16.0 Å². The molecule has 2 rings (SSSR count). The minimum atomic E-state index is -4.55. The maximum absolute atomic E-state index is 12.7. The van der Waals surface area contributed by atoms with Gasteiger partial charge in [-0.1, -0.05) is 12.1 Å². The summed E-state index contributed by atoms with van der Waals surface area (Å²) in [4.78, 5) is 11.8. The van der Waals surface area contributed by atoms with Crippen LogP contribution in [0.5, 0.6) is 0 Å². The number of carbonyl (C=O) groups is 1. The lowest BCUT2D eigenvalue weighted by Gasteiger charge is -2.13. The van der Waals surface area contributed by atoms with Crippen LogP contribution >= 0.6 is 11.6 Å². The van der Waals surface area contributed by atoms with Crippen LogP contribution in [0.25, 0.3) is 0 Å². The predicted octanol–water partition coefficient (Wildman–Crippen LogP) is 4.20. The van der Waals surface area contributed by atoms with E-state index in [2.05, 4.69) is 5.32 Å². The molecule has 1 amide bonds. The number of halogens is 4. The molecule has 0 atom stereocenters. The third-order valence-corrected chi connectivity index (χ3v) is 2.64. The van der Waals surface area contributed by atoms with Gasteiger partial charge in [0.05, 0.1) is 23.1 Å². The Labute approximate surface area is 111 Å². The second-order valence-corrected chi connectivity index (χ2v) is 3.95. The van der Waals surface area contributed by atoms with Crippen LogP contribution in [0.1, 0.15) is 15.9 Å². The van der Waals surface area contributed by atoms with Crippen LogP contribution in [0.2, 0.25) is 5.22 Å². The fourth-order valence-electron chi connectivity index (χ4n) is 1.48. The van der Waals surface area contributed by atoms with Crippen LogP contribution in [0.15, 0.2) is 41.0 Å². The number of hydrogen-bond donors (Lipinski definition) is 1. The van der Waals surface area contributed by atoms with E-state index in [-0.39, 0.29) is 16.5 Å². The van der Waals surface area contributed by atoms with Crippen LogP contribution in [-0.4, -0.2) is 5.91 Å². The van der Waals surface area contributed by atoms with Crippen molar-refractivity contribution in [1.29, 1.82) is 0 Å². The molecule has 0 radical (unpaired) electrons. The number of furan rings is 1. The molecule has 19 heavy (non-hydrogen) atoms. The predicted molar refractivity (Wildman–Crippen MR) is 63.1 cm³/mol. The molecule has 0 saturated carbocycles. The number of nitrogens with one attached hydrogen (secondary N) is 1. The summed E-state index contributed by atoms with van der Waals surface area (Å²) in [5.41, 5.74) is -1.29. The van der Waals surface area contributed by atoms with Gasteiger partial charge in [0.15, 0.2) is 0 Å². The molecule has 0 spiro atoms.